The number of amides is 1. The van der Waals surface area contributed by atoms with Crippen LogP contribution in [0.3, 0.4) is 0 Å². The molecule has 4 atom stereocenters. The van der Waals surface area contributed by atoms with Crippen molar-refractivity contribution in [1.82, 2.24) is 14.8 Å². The van der Waals surface area contributed by atoms with E-state index in [9.17, 15) is 9.90 Å². The summed E-state index contributed by atoms with van der Waals surface area (Å²) in [5.74, 6) is 0.621. The highest BCUT2D eigenvalue weighted by molar-refractivity contribution is 7.99. The third-order valence-electron chi connectivity index (χ3n) is 5.65. The number of carbonyl (C=O) groups is 1. The Labute approximate surface area is 197 Å². The smallest absolute Gasteiger partial charge is 0.221 e. The molecular formula is C24H28N4O4S. The molecule has 1 fully saturated rings. The molecular weight excluding hydrogens is 440 g/mol. The normalized spacial score (nSPS) is 22.8. The first kappa shape index (κ1) is 23.4. The van der Waals surface area contributed by atoms with E-state index in [1.807, 2.05) is 60.1 Å². The molecule has 1 saturated heterocycles. The van der Waals surface area contributed by atoms with Crippen molar-refractivity contribution in [3.05, 3.63) is 71.5 Å². The van der Waals surface area contributed by atoms with Crippen molar-refractivity contribution in [3.8, 4) is 0 Å². The Bertz CT molecular complexity index is 1090. The third-order valence-corrected chi connectivity index (χ3v) is 6.77. The Morgan fingerprint density at radius 3 is 2.64 bits per heavy atom. The Morgan fingerprint density at radius 1 is 1.18 bits per heavy atom. The molecule has 2 aromatic carbocycles. The second-order valence-electron chi connectivity index (χ2n) is 8.16. The molecule has 1 amide bonds. The maximum atomic E-state index is 11.5. The van der Waals surface area contributed by atoms with Gasteiger partial charge in [0.25, 0.3) is 0 Å². The average Bonchev–Trinajstić information content (AvgIpc) is 3.23. The topological polar surface area (TPSA) is 98.5 Å². The Balaban J connectivity index is 1.60. The molecule has 4 rings (SSSR count). The van der Waals surface area contributed by atoms with Crippen LogP contribution in [0.4, 0.5) is 5.69 Å². The minimum Gasteiger partial charge on any atom is -0.392 e. The van der Waals surface area contributed by atoms with Gasteiger partial charge in [-0.25, -0.2) is 0 Å². The number of aliphatic hydroxyl groups excluding tert-OH is 1. The summed E-state index contributed by atoms with van der Waals surface area (Å²) in [7, 11) is 1.92. The maximum Gasteiger partial charge on any atom is 0.221 e. The highest BCUT2D eigenvalue weighted by Gasteiger charge is 2.38. The van der Waals surface area contributed by atoms with E-state index in [1.165, 1.54) is 6.92 Å². The van der Waals surface area contributed by atoms with Crippen LogP contribution in [0.15, 0.2) is 60.0 Å². The molecule has 8 nitrogen and oxygen atoms in total. The molecule has 33 heavy (non-hydrogen) atoms. The van der Waals surface area contributed by atoms with Crippen LogP contribution in [0.1, 0.15) is 42.9 Å². The minimum atomic E-state index is -0.595. The number of anilines is 1. The van der Waals surface area contributed by atoms with E-state index in [2.05, 4.69) is 22.4 Å². The number of aryl methyl sites for hydroxylation is 1. The van der Waals surface area contributed by atoms with Gasteiger partial charge in [0.05, 0.1) is 18.8 Å². The number of rotatable bonds is 7. The fourth-order valence-electron chi connectivity index (χ4n) is 3.84. The Morgan fingerprint density at radius 2 is 1.97 bits per heavy atom. The van der Waals surface area contributed by atoms with Crippen LogP contribution >= 0.6 is 11.8 Å². The van der Waals surface area contributed by atoms with Crippen LogP contribution in [-0.2, 0) is 27.9 Å². The van der Waals surface area contributed by atoms with Gasteiger partial charge < -0.3 is 24.5 Å². The monoisotopic (exact) mass is 468 g/mol. The first-order chi connectivity index (χ1) is 15.9. The van der Waals surface area contributed by atoms with E-state index in [4.69, 9.17) is 9.47 Å². The predicted octanol–water partition coefficient (Wildman–Crippen LogP) is 3.85. The van der Waals surface area contributed by atoms with Gasteiger partial charge in [-0.15, -0.1) is 10.2 Å². The summed E-state index contributed by atoms with van der Waals surface area (Å²) in [6.07, 6.45) is 0.768. The van der Waals surface area contributed by atoms with Gasteiger partial charge >= 0.3 is 0 Å². The van der Waals surface area contributed by atoms with Crippen LogP contribution in [0, 0.1) is 5.92 Å². The minimum absolute atomic E-state index is 0.000000197. The van der Waals surface area contributed by atoms with Gasteiger partial charge in [0.2, 0.25) is 5.91 Å². The summed E-state index contributed by atoms with van der Waals surface area (Å²) in [6.45, 7) is 3.60. The lowest BCUT2D eigenvalue weighted by Gasteiger charge is -2.41. The van der Waals surface area contributed by atoms with Gasteiger partial charge in [-0.1, -0.05) is 55.1 Å². The van der Waals surface area contributed by atoms with Gasteiger partial charge in [-0.05, 0) is 23.3 Å². The van der Waals surface area contributed by atoms with Gasteiger partial charge in [0.15, 0.2) is 11.4 Å². The molecule has 4 unspecified atom stereocenters. The fourth-order valence-corrected chi connectivity index (χ4v) is 4.89. The zero-order chi connectivity index (χ0) is 23.4. The lowest BCUT2D eigenvalue weighted by molar-refractivity contribution is -0.268. The molecule has 1 aromatic heterocycles. The van der Waals surface area contributed by atoms with Crippen molar-refractivity contribution in [2.45, 2.75) is 44.1 Å². The molecule has 3 aromatic rings. The molecule has 2 N–H and O–H groups in total. The number of nitrogens with one attached hydrogen (secondary N) is 1. The molecule has 0 saturated carbocycles. The molecule has 0 spiro atoms. The SMILES string of the molecule is CC(=O)Nc1cccc(C2OC(CSc3nncn3C)C(C)C(c3ccc(CO)cc3)O2)c1. The highest BCUT2D eigenvalue weighted by Crippen LogP contribution is 2.43. The van der Waals surface area contributed by atoms with Crippen molar-refractivity contribution in [2.75, 3.05) is 11.1 Å². The third kappa shape index (κ3) is 5.62. The molecule has 9 heteroatoms. The summed E-state index contributed by atoms with van der Waals surface area (Å²) in [5, 5.41) is 21.2. The van der Waals surface area contributed by atoms with E-state index in [0.29, 0.717) is 11.4 Å². The van der Waals surface area contributed by atoms with Gasteiger partial charge in [0, 0.05) is 36.9 Å². The van der Waals surface area contributed by atoms with Crippen molar-refractivity contribution in [1.29, 1.82) is 0 Å². The van der Waals surface area contributed by atoms with Crippen molar-refractivity contribution < 1.29 is 19.4 Å². The molecule has 1 aliphatic rings. The number of hydrogen-bond donors (Lipinski definition) is 2. The summed E-state index contributed by atoms with van der Waals surface area (Å²) in [4.78, 5) is 11.5. The Hall–Kier alpha value is -2.72. The fraction of sp³-hybridized carbons (Fsp3) is 0.375. The van der Waals surface area contributed by atoms with E-state index >= 15 is 0 Å². The number of hydrogen-bond acceptors (Lipinski definition) is 7. The van der Waals surface area contributed by atoms with Crippen LogP contribution in [0.5, 0.6) is 0 Å². The lowest BCUT2D eigenvalue weighted by atomic mass is 9.91. The molecule has 1 aliphatic heterocycles. The molecule has 2 heterocycles. The van der Waals surface area contributed by atoms with E-state index < -0.39 is 6.29 Å². The standard InChI is InChI=1S/C24H28N4O4S/c1-15-21(13-33-24-27-25-14-28(24)3)31-23(19-5-4-6-20(11-19)26-16(2)30)32-22(15)18-9-7-17(12-29)8-10-18/h4-11,14-15,21-23,29H,12-13H2,1-3H3,(H,26,30). The number of nitrogens with zero attached hydrogens (tertiary/aromatic N) is 3. The largest absolute Gasteiger partial charge is 0.392 e. The second-order valence-corrected chi connectivity index (χ2v) is 9.15. The summed E-state index contributed by atoms with van der Waals surface area (Å²) >= 11 is 1.59. The van der Waals surface area contributed by atoms with Crippen LogP contribution < -0.4 is 5.32 Å². The lowest BCUT2D eigenvalue weighted by Crippen LogP contribution is -2.38. The molecule has 0 radical (unpaired) electrons. The zero-order valence-corrected chi connectivity index (χ0v) is 19.7. The van der Waals surface area contributed by atoms with Gasteiger partial charge in [-0.3, -0.25) is 4.79 Å². The summed E-state index contributed by atoms with van der Waals surface area (Å²) in [6, 6.07) is 15.3. The van der Waals surface area contributed by atoms with Crippen LogP contribution in [0.25, 0.3) is 0 Å². The quantitative estimate of drug-likeness (QED) is 0.508. The van der Waals surface area contributed by atoms with Gasteiger partial charge in [0.1, 0.15) is 6.33 Å². The van der Waals surface area contributed by atoms with Crippen molar-refractivity contribution in [3.63, 3.8) is 0 Å². The van der Waals surface area contributed by atoms with Gasteiger partial charge in [-0.2, -0.15) is 0 Å². The number of aromatic nitrogens is 3. The van der Waals surface area contributed by atoms with Crippen LogP contribution in [0.2, 0.25) is 0 Å². The maximum absolute atomic E-state index is 11.5. The number of ether oxygens (including phenoxy) is 2. The first-order valence-electron chi connectivity index (χ1n) is 10.8. The first-order valence-corrected chi connectivity index (χ1v) is 11.8. The second kappa shape index (κ2) is 10.5. The summed E-state index contributed by atoms with van der Waals surface area (Å²) in [5.41, 5.74) is 3.41. The number of aliphatic hydroxyl groups is 1. The highest BCUT2D eigenvalue weighted by atomic mass is 32.2. The van der Waals surface area contributed by atoms with Crippen molar-refractivity contribution >= 4 is 23.4 Å². The Kier molecular flexibility index (Phi) is 7.44. The van der Waals surface area contributed by atoms with E-state index in [-0.39, 0.29) is 30.6 Å². The van der Waals surface area contributed by atoms with Crippen LogP contribution in [-0.4, -0.2) is 37.6 Å². The average molecular weight is 469 g/mol. The molecule has 174 valence electrons. The van der Waals surface area contributed by atoms with E-state index in [1.54, 1.807) is 18.1 Å². The molecule has 0 aliphatic carbocycles. The van der Waals surface area contributed by atoms with Crippen molar-refractivity contribution in [2.24, 2.45) is 13.0 Å². The number of carbonyl (C=O) groups excluding carboxylic acids is 1. The number of thioether (sulfide) groups is 1. The molecule has 0 bridgehead atoms. The summed E-state index contributed by atoms with van der Waals surface area (Å²) < 4.78 is 14.8. The predicted molar refractivity (Wildman–Crippen MR) is 125 cm³/mol. The van der Waals surface area contributed by atoms with E-state index in [0.717, 1.165) is 21.8 Å². The zero-order valence-electron chi connectivity index (χ0n) is 18.8. The number of benzene rings is 2.